The Bertz CT molecular complexity index is 294. The second-order valence-electron chi connectivity index (χ2n) is 4.50. The largest absolute Gasteiger partial charge is 0.397 e. The number of benzene rings is 1. The molecule has 0 aromatic heterocycles. The summed E-state index contributed by atoms with van der Waals surface area (Å²) in [6.07, 6.45) is 0. The van der Waals surface area contributed by atoms with E-state index >= 15 is 0 Å². The van der Waals surface area contributed by atoms with Crippen molar-refractivity contribution in [1.82, 2.24) is 0 Å². The van der Waals surface area contributed by atoms with E-state index in [4.69, 9.17) is 0 Å². The summed E-state index contributed by atoms with van der Waals surface area (Å²) >= 11 is 0. The molecule has 0 radical (unpaired) electrons. The highest BCUT2D eigenvalue weighted by Gasteiger charge is 2.45. The highest BCUT2D eigenvalue weighted by molar-refractivity contribution is 6.85. The van der Waals surface area contributed by atoms with Crippen LogP contribution >= 0.6 is 0 Å². The summed E-state index contributed by atoms with van der Waals surface area (Å²) in [4.78, 5) is 0. The van der Waals surface area contributed by atoms with E-state index in [-0.39, 0.29) is 0 Å². The molecule has 2 rings (SSSR count). The first kappa shape index (κ1) is 8.82. The van der Waals surface area contributed by atoms with Gasteiger partial charge in [-0.25, -0.2) is 0 Å². The second-order valence-corrected chi connectivity index (χ2v) is 9.33. The van der Waals surface area contributed by atoms with E-state index in [0.29, 0.717) is 0 Å². The van der Waals surface area contributed by atoms with Crippen LogP contribution in [-0.4, -0.2) is 14.8 Å². The molecule has 0 saturated carbocycles. The van der Waals surface area contributed by atoms with Crippen molar-refractivity contribution in [2.75, 3.05) is 11.1 Å². The minimum atomic E-state index is -1.09. The molecule has 1 nitrogen and oxygen atoms in total. The van der Waals surface area contributed by atoms with Gasteiger partial charge in [-0.05, 0) is 17.7 Å². The summed E-state index contributed by atoms with van der Waals surface area (Å²) in [5.41, 5.74) is 2.35. The minimum Gasteiger partial charge on any atom is -0.397 e. The molecule has 0 spiro atoms. The van der Waals surface area contributed by atoms with E-state index < -0.39 is 8.24 Å². The van der Waals surface area contributed by atoms with Crippen molar-refractivity contribution in [3.05, 3.63) is 30.3 Å². The Balaban J connectivity index is 2.22. The number of rotatable bonds is 1. The van der Waals surface area contributed by atoms with Crippen LogP contribution in [0.3, 0.4) is 0 Å². The van der Waals surface area contributed by atoms with Gasteiger partial charge in [0.15, 0.2) is 8.24 Å². The fourth-order valence-electron chi connectivity index (χ4n) is 1.93. The summed E-state index contributed by atoms with van der Waals surface area (Å²) in [6, 6.07) is 10.8. The third kappa shape index (κ3) is 1.29. The van der Waals surface area contributed by atoms with Gasteiger partial charge < -0.3 is 4.57 Å². The molecule has 1 atom stereocenters. The highest BCUT2D eigenvalue weighted by Crippen LogP contribution is 2.39. The zero-order chi connectivity index (χ0) is 9.47. The average Bonchev–Trinajstić information content (AvgIpc) is 2.15. The predicted molar refractivity (Wildman–Crippen MR) is 60.7 cm³/mol. The normalized spacial score (nSPS) is 25.5. The summed E-state index contributed by atoms with van der Waals surface area (Å²) in [5, 5.41) is 0. The molecule has 2 heteroatoms. The molecule has 1 unspecified atom stereocenters. The van der Waals surface area contributed by atoms with Crippen LogP contribution in [0.2, 0.25) is 18.6 Å². The van der Waals surface area contributed by atoms with Gasteiger partial charge in [0.1, 0.15) is 0 Å². The Hall–Kier alpha value is -0.763. The molecule has 0 bridgehead atoms. The van der Waals surface area contributed by atoms with E-state index in [2.05, 4.69) is 54.9 Å². The lowest BCUT2D eigenvalue weighted by Crippen LogP contribution is -2.64. The molecule has 1 fully saturated rings. The van der Waals surface area contributed by atoms with Crippen LogP contribution in [0.5, 0.6) is 0 Å². The van der Waals surface area contributed by atoms with Gasteiger partial charge in [-0.3, -0.25) is 0 Å². The van der Waals surface area contributed by atoms with Gasteiger partial charge in [0.25, 0.3) is 0 Å². The van der Waals surface area contributed by atoms with Crippen molar-refractivity contribution in [1.29, 1.82) is 0 Å². The Kier molecular flexibility index (Phi) is 1.95. The third-order valence-electron chi connectivity index (χ3n) is 3.43. The van der Waals surface area contributed by atoms with Crippen LogP contribution in [0.15, 0.2) is 30.3 Å². The number of anilines is 1. The lowest BCUT2D eigenvalue weighted by atomic mass is 10.3. The molecule has 1 aliphatic rings. The van der Waals surface area contributed by atoms with Crippen LogP contribution in [-0.2, 0) is 0 Å². The summed E-state index contributed by atoms with van der Waals surface area (Å²) < 4.78 is 2.61. The van der Waals surface area contributed by atoms with Gasteiger partial charge in [0, 0.05) is 12.2 Å². The fraction of sp³-hybridized carbons (Fsp3) is 0.455. The minimum absolute atomic E-state index is 0.938. The lowest BCUT2D eigenvalue weighted by Gasteiger charge is -2.54. The summed E-state index contributed by atoms with van der Waals surface area (Å²) in [6.45, 7) is 8.54. The Morgan fingerprint density at radius 3 is 2.31 bits per heavy atom. The van der Waals surface area contributed by atoms with Crippen LogP contribution in [0.1, 0.15) is 6.92 Å². The fourth-order valence-corrected chi connectivity index (χ4v) is 4.34. The number of hydrogen-bond acceptors (Lipinski definition) is 1. The molecule has 1 aliphatic heterocycles. The van der Waals surface area contributed by atoms with E-state index in [0.717, 1.165) is 5.54 Å². The molecule has 13 heavy (non-hydrogen) atoms. The Labute approximate surface area is 81.5 Å². The van der Waals surface area contributed by atoms with Crippen molar-refractivity contribution < 1.29 is 0 Å². The van der Waals surface area contributed by atoms with Gasteiger partial charge in [-0.2, -0.15) is 0 Å². The molecule has 1 heterocycles. The van der Waals surface area contributed by atoms with Crippen LogP contribution in [0, 0.1) is 0 Å². The molecule has 0 aliphatic carbocycles. The molecule has 1 aromatic rings. The number of nitrogens with zero attached hydrogens (tertiary/aromatic N) is 1. The summed E-state index contributed by atoms with van der Waals surface area (Å²) in [5.74, 6) is 0. The quantitative estimate of drug-likeness (QED) is 0.617. The molecule has 70 valence electrons. The van der Waals surface area contributed by atoms with Crippen molar-refractivity contribution in [3.63, 3.8) is 0 Å². The monoisotopic (exact) mass is 191 g/mol. The van der Waals surface area contributed by atoms with Crippen molar-refractivity contribution in [3.8, 4) is 0 Å². The number of para-hydroxylation sites is 1. The second kappa shape index (κ2) is 2.88. The molecule has 1 aromatic carbocycles. The zero-order valence-corrected chi connectivity index (χ0v) is 9.62. The van der Waals surface area contributed by atoms with Gasteiger partial charge >= 0.3 is 0 Å². The van der Waals surface area contributed by atoms with Crippen LogP contribution < -0.4 is 4.57 Å². The summed E-state index contributed by atoms with van der Waals surface area (Å²) in [7, 11) is -1.09. The average molecular weight is 191 g/mol. The zero-order valence-electron chi connectivity index (χ0n) is 8.62. The van der Waals surface area contributed by atoms with Crippen molar-refractivity contribution >= 4 is 13.9 Å². The van der Waals surface area contributed by atoms with E-state index in [1.807, 2.05) is 0 Å². The van der Waals surface area contributed by atoms with Crippen LogP contribution in [0.25, 0.3) is 0 Å². The third-order valence-corrected chi connectivity index (χ3v) is 7.85. The first-order valence-electron chi connectivity index (χ1n) is 4.95. The smallest absolute Gasteiger partial charge is 0.155 e. The maximum Gasteiger partial charge on any atom is 0.155 e. The first-order chi connectivity index (χ1) is 6.12. The van der Waals surface area contributed by atoms with Gasteiger partial charge in [-0.15, -0.1) is 0 Å². The van der Waals surface area contributed by atoms with E-state index in [1.54, 1.807) is 0 Å². The molecule has 1 saturated heterocycles. The SMILES string of the molecule is CC1CN(c2ccccc2)[Si]1(C)C. The van der Waals surface area contributed by atoms with Crippen LogP contribution in [0.4, 0.5) is 5.69 Å². The molecule has 0 N–H and O–H groups in total. The van der Waals surface area contributed by atoms with Crippen molar-refractivity contribution in [2.45, 2.75) is 25.6 Å². The topological polar surface area (TPSA) is 3.24 Å². The van der Waals surface area contributed by atoms with Gasteiger partial charge in [0.2, 0.25) is 0 Å². The van der Waals surface area contributed by atoms with Gasteiger partial charge in [0.05, 0.1) is 0 Å². The molecule has 0 amide bonds. The molecular weight excluding hydrogens is 174 g/mol. The maximum absolute atomic E-state index is 2.61. The first-order valence-corrected chi connectivity index (χ1v) is 7.97. The van der Waals surface area contributed by atoms with E-state index in [1.165, 1.54) is 12.2 Å². The van der Waals surface area contributed by atoms with E-state index in [9.17, 15) is 0 Å². The molecular formula is C11H17NSi. The van der Waals surface area contributed by atoms with Gasteiger partial charge in [-0.1, -0.05) is 38.2 Å². The highest BCUT2D eigenvalue weighted by atomic mass is 28.3. The standard InChI is InChI=1S/C11H17NSi/c1-10-9-12(13(10,2)3)11-7-5-4-6-8-11/h4-8,10H,9H2,1-3H3. The predicted octanol–water partition coefficient (Wildman–Crippen LogP) is 3.10. The van der Waals surface area contributed by atoms with Crippen molar-refractivity contribution in [2.24, 2.45) is 0 Å². The lowest BCUT2D eigenvalue weighted by molar-refractivity contribution is 0.760. The number of hydrogen-bond donors (Lipinski definition) is 0. The Morgan fingerprint density at radius 1 is 1.23 bits per heavy atom. The maximum atomic E-state index is 2.61. The Morgan fingerprint density at radius 2 is 1.85 bits per heavy atom.